The quantitative estimate of drug-likeness (QED) is 0.543. The smallest absolute Gasteiger partial charge is 0.341 e. The molecule has 3 rings (SSSR count). The van der Waals surface area contributed by atoms with Crippen molar-refractivity contribution in [2.45, 2.75) is 39.5 Å². The Bertz CT molecular complexity index is 1020. The number of carbonyl (C=O) groups is 3. The molecule has 0 saturated carbocycles. The number of aryl methyl sites for hydroxylation is 1. The average Bonchev–Trinajstić information content (AvgIpc) is 3.08. The number of methoxy groups -OCH3 is 1. The third-order valence-corrected chi connectivity index (χ3v) is 6.67. The van der Waals surface area contributed by atoms with Crippen LogP contribution in [0.3, 0.4) is 0 Å². The SMILES string of the molecule is COC(=O)c1c(NC(=O)[C@@H]2CC=CC[C@H]2C(=O)[O-])sc(C)c1-c1ccc(C(C)C)cc1. The van der Waals surface area contributed by atoms with Crippen molar-refractivity contribution in [1.29, 1.82) is 0 Å². The van der Waals surface area contributed by atoms with Crippen LogP contribution in [0.15, 0.2) is 36.4 Å². The Labute approximate surface area is 185 Å². The molecule has 0 unspecified atom stereocenters. The summed E-state index contributed by atoms with van der Waals surface area (Å²) in [7, 11) is 1.30. The summed E-state index contributed by atoms with van der Waals surface area (Å²) in [5, 5.41) is 14.6. The van der Waals surface area contributed by atoms with Gasteiger partial charge >= 0.3 is 5.97 Å². The van der Waals surface area contributed by atoms with E-state index in [0.717, 1.165) is 10.4 Å². The number of amides is 1. The van der Waals surface area contributed by atoms with Crippen molar-refractivity contribution in [3.63, 3.8) is 0 Å². The number of rotatable bonds is 6. The summed E-state index contributed by atoms with van der Waals surface area (Å²) in [5.41, 5.74) is 3.03. The van der Waals surface area contributed by atoms with E-state index in [2.05, 4.69) is 19.2 Å². The lowest BCUT2D eigenvalue weighted by molar-refractivity contribution is -0.313. The molecule has 1 amide bonds. The lowest BCUT2D eigenvalue weighted by Crippen LogP contribution is -2.41. The first-order chi connectivity index (χ1) is 14.7. The molecule has 1 aliphatic rings. The first-order valence-electron chi connectivity index (χ1n) is 10.2. The van der Waals surface area contributed by atoms with Crippen LogP contribution in [-0.2, 0) is 14.3 Å². The number of carbonyl (C=O) groups excluding carboxylic acids is 3. The molecule has 0 saturated heterocycles. The van der Waals surface area contributed by atoms with Gasteiger partial charge in [0.1, 0.15) is 10.6 Å². The van der Waals surface area contributed by atoms with Crippen LogP contribution in [0.25, 0.3) is 11.1 Å². The van der Waals surface area contributed by atoms with Crippen molar-refractivity contribution in [2.75, 3.05) is 12.4 Å². The maximum Gasteiger partial charge on any atom is 0.341 e. The molecule has 1 aromatic heterocycles. The number of thiophene rings is 1. The normalized spacial score (nSPS) is 18.1. The minimum absolute atomic E-state index is 0.251. The maximum atomic E-state index is 12.9. The number of carboxylic acids is 1. The zero-order valence-electron chi connectivity index (χ0n) is 18.1. The molecule has 2 aromatic rings. The second-order valence-electron chi connectivity index (χ2n) is 7.97. The number of hydrogen-bond acceptors (Lipinski definition) is 6. The molecule has 0 bridgehead atoms. The minimum Gasteiger partial charge on any atom is -0.550 e. The van der Waals surface area contributed by atoms with E-state index >= 15 is 0 Å². The molecule has 6 nitrogen and oxygen atoms in total. The largest absolute Gasteiger partial charge is 0.550 e. The van der Waals surface area contributed by atoms with E-state index < -0.39 is 29.7 Å². The van der Waals surface area contributed by atoms with Gasteiger partial charge in [0.25, 0.3) is 0 Å². The number of nitrogens with one attached hydrogen (secondary N) is 1. The Morgan fingerprint density at radius 2 is 1.71 bits per heavy atom. The highest BCUT2D eigenvalue weighted by molar-refractivity contribution is 7.17. The predicted octanol–water partition coefficient (Wildman–Crippen LogP) is 3.90. The van der Waals surface area contributed by atoms with Gasteiger partial charge in [-0.1, -0.05) is 50.3 Å². The van der Waals surface area contributed by atoms with Gasteiger partial charge in [-0.3, -0.25) is 4.79 Å². The summed E-state index contributed by atoms with van der Waals surface area (Å²) >= 11 is 1.28. The molecule has 1 aromatic carbocycles. The fraction of sp³-hybridized carbons (Fsp3) is 0.375. The molecule has 0 aliphatic heterocycles. The van der Waals surface area contributed by atoms with E-state index in [1.165, 1.54) is 24.0 Å². The second-order valence-corrected chi connectivity index (χ2v) is 9.19. The van der Waals surface area contributed by atoms with Gasteiger partial charge in [0.05, 0.1) is 13.0 Å². The Kier molecular flexibility index (Phi) is 6.95. The molecular weight excluding hydrogens is 414 g/mol. The molecule has 0 radical (unpaired) electrons. The summed E-state index contributed by atoms with van der Waals surface area (Å²) in [6.07, 6.45) is 4.11. The van der Waals surface area contributed by atoms with Gasteiger partial charge in [0, 0.05) is 22.3 Å². The Morgan fingerprint density at radius 3 is 2.26 bits per heavy atom. The summed E-state index contributed by atoms with van der Waals surface area (Å²) in [4.78, 5) is 37.9. The lowest BCUT2D eigenvalue weighted by Gasteiger charge is -2.28. The van der Waals surface area contributed by atoms with Crippen molar-refractivity contribution in [3.05, 3.63) is 52.4 Å². The average molecular weight is 441 g/mol. The van der Waals surface area contributed by atoms with Gasteiger partial charge < -0.3 is 20.0 Å². The summed E-state index contributed by atoms with van der Waals surface area (Å²) in [6, 6.07) is 7.96. The number of ether oxygens (including phenoxy) is 1. The zero-order valence-corrected chi connectivity index (χ0v) is 18.9. The highest BCUT2D eigenvalue weighted by Gasteiger charge is 2.32. The molecule has 0 spiro atoms. The van der Waals surface area contributed by atoms with Crippen LogP contribution in [0, 0.1) is 18.8 Å². The number of hydrogen-bond donors (Lipinski definition) is 1. The highest BCUT2D eigenvalue weighted by atomic mass is 32.1. The Morgan fingerprint density at radius 1 is 1.10 bits per heavy atom. The van der Waals surface area contributed by atoms with Gasteiger partial charge in [-0.25, -0.2) is 4.79 Å². The van der Waals surface area contributed by atoms with E-state index in [-0.39, 0.29) is 12.0 Å². The number of aliphatic carboxylic acids is 1. The highest BCUT2D eigenvalue weighted by Crippen LogP contribution is 2.41. The van der Waals surface area contributed by atoms with Crippen LogP contribution in [0.1, 0.15) is 53.4 Å². The van der Waals surface area contributed by atoms with Crippen LogP contribution >= 0.6 is 11.3 Å². The monoisotopic (exact) mass is 440 g/mol. The summed E-state index contributed by atoms with van der Waals surface area (Å²) < 4.78 is 5.00. The van der Waals surface area contributed by atoms with Gasteiger partial charge in [0.15, 0.2) is 0 Å². The van der Waals surface area contributed by atoms with E-state index in [1.807, 2.05) is 31.2 Å². The van der Waals surface area contributed by atoms with E-state index in [1.54, 1.807) is 12.2 Å². The zero-order chi connectivity index (χ0) is 22.7. The van der Waals surface area contributed by atoms with Gasteiger partial charge in [-0.2, -0.15) is 0 Å². The van der Waals surface area contributed by atoms with Gasteiger partial charge in [0.2, 0.25) is 5.91 Å². The van der Waals surface area contributed by atoms with Crippen molar-refractivity contribution in [1.82, 2.24) is 0 Å². The molecule has 1 heterocycles. The summed E-state index contributed by atoms with van der Waals surface area (Å²) in [5.74, 6) is -3.50. The second kappa shape index (κ2) is 9.47. The number of anilines is 1. The van der Waals surface area contributed by atoms with Crippen molar-refractivity contribution in [3.8, 4) is 11.1 Å². The van der Waals surface area contributed by atoms with Gasteiger partial charge in [-0.05, 0) is 36.8 Å². The molecule has 7 heteroatoms. The fourth-order valence-corrected chi connectivity index (χ4v) is 4.95. The Balaban J connectivity index is 1.98. The number of benzene rings is 1. The van der Waals surface area contributed by atoms with E-state index in [0.29, 0.717) is 22.9 Å². The van der Waals surface area contributed by atoms with Crippen LogP contribution in [-0.4, -0.2) is 25.0 Å². The molecule has 0 fully saturated rings. The first-order valence-corrected chi connectivity index (χ1v) is 11.0. The molecule has 1 N–H and O–H groups in total. The molecular formula is C24H26NO5S-. The number of carboxylic acid groups (broad SMARTS) is 1. The number of allylic oxidation sites excluding steroid dienone is 2. The van der Waals surface area contributed by atoms with Gasteiger partial charge in [-0.15, -0.1) is 11.3 Å². The fourth-order valence-electron chi connectivity index (χ4n) is 3.88. The first kappa shape index (κ1) is 22.7. The van der Waals surface area contributed by atoms with Crippen LogP contribution in [0.5, 0.6) is 0 Å². The van der Waals surface area contributed by atoms with Crippen molar-refractivity contribution < 1.29 is 24.2 Å². The molecule has 1 aliphatic carbocycles. The third-order valence-electron chi connectivity index (χ3n) is 5.65. The predicted molar refractivity (Wildman–Crippen MR) is 119 cm³/mol. The molecule has 164 valence electrons. The lowest BCUT2D eigenvalue weighted by atomic mass is 9.82. The number of esters is 1. The van der Waals surface area contributed by atoms with E-state index in [4.69, 9.17) is 4.74 Å². The van der Waals surface area contributed by atoms with Crippen LogP contribution < -0.4 is 10.4 Å². The standard InChI is InChI=1S/C24H27NO5S/c1-13(2)15-9-11-16(12-10-15)19-14(3)31-22(20(19)24(29)30-4)25-21(26)17-7-5-6-8-18(17)23(27)28/h5-6,9-13,17-18H,7-8H2,1-4H3,(H,25,26)(H,27,28)/p-1/t17-,18-/m1/s1. The third kappa shape index (κ3) is 4.71. The molecule has 2 atom stereocenters. The maximum absolute atomic E-state index is 12.9. The van der Waals surface area contributed by atoms with Crippen LogP contribution in [0.2, 0.25) is 0 Å². The van der Waals surface area contributed by atoms with Crippen LogP contribution in [0.4, 0.5) is 5.00 Å². The van der Waals surface area contributed by atoms with Crippen molar-refractivity contribution >= 4 is 34.2 Å². The summed E-state index contributed by atoms with van der Waals surface area (Å²) in [6.45, 7) is 6.10. The topological polar surface area (TPSA) is 95.5 Å². The Hall–Kier alpha value is -2.93. The molecule has 31 heavy (non-hydrogen) atoms. The van der Waals surface area contributed by atoms with E-state index in [9.17, 15) is 19.5 Å². The minimum atomic E-state index is -1.24. The van der Waals surface area contributed by atoms with Crippen molar-refractivity contribution in [2.24, 2.45) is 11.8 Å².